The highest BCUT2D eigenvalue weighted by Gasteiger charge is 2.21. The van der Waals surface area contributed by atoms with Crippen molar-refractivity contribution >= 4 is 34.9 Å². The van der Waals surface area contributed by atoms with Crippen molar-refractivity contribution in [1.29, 1.82) is 0 Å². The lowest BCUT2D eigenvalue weighted by molar-refractivity contribution is 0.436. The first-order chi connectivity index (χ1) is 15.2. The van der Waals surface area contributed by atoms with Crippen molar-refractivity contribution in [2.24, 2.45) is 5.92 Å². The number of nitrogens with one attached hydrogen (secondary N) is 2. The minimum Gasteiger partial charge on any atom is -0.358 e. The van der Waals surface area contributed by atoms with Crippen LogP contribution < -0.4 is 20.4 Å². The highest BCUT2D eigenvalue weighted by atomic mass is 32.1. The van der Waals surface area contributed by atoms with Gasteiger partial charge in [0.15, 0.2) is 5.11 Å². The van der Waals surface area contributed by atoms with E-state index in [0.29, 0.717) is 17.6 Å². The molecule has 0 atom stereocenters. The number of hydrogen-bond donors (Lipinski definition) is 2. The third kappa shape index (κ3) is 6.26. The van der Waals surface area contributed by atoms with E-state index in [0.717, 1.165) is 49.3 Å². The maximum Gasteiger partial charge on any atom is 0.232 e. The average Bonchev–Trinajstić information content (AvgIpc) is 3.08. The summed E-state index contributed by atoms with van der Waals surface area (Å²) in [5.41, 5.74) is 1.08. The van der Waals surface area contributed by atoms with E-state index in [1.54, 1.807) is 6.20 Å². The minimum atomic E-state index is 0.523. The SMILES string of the molecule is CC1CCN(c2cc(N3CCCCCC3)nc(NC(=S)NCc3cccnc3)n2)CC1. The molecule has 8 heteroatoms. The van der Waals surface area contributed by atoms with Gasteiger partial charge in [0.2, 0.25) is 5.95 Å². The first-order valence-electron chi connectivity index (χ1n) is 11.5. The summed E-state index contributed by atoms with van der Waals surface area (Å²) in [5.74, 6) is 3.35. The summed E-state index contributed by atoms with van der Waals surface area (Å²) < 4.78 is 0. The lowest BCUT2D eigenvalue weighted by Gasteiger charge is -2.32. The van der Waals surface area contributed by atoms with Crippen molar-refractivity contribution in [3.8, 4) is 0 Å². The number of piperidine rings is 1. The fourth-order valence-electron chi connectivity index (χ4n) is 4.17. The van der Waals surface area contributed by atoms with Crippen LogP contribution in [-0.4, -0.2) is 46.2 Å². The molecule has 0 amide bonds. The molecule has 2 aromatic heterocycles. The molecule has 2 aromatic rings. The van der Waals surface area contributed by atoms with Gasteiger partial charge in [0.25, 0.3) is 0 Å². The Balaban J connectivity index is 1.49. The fourth-order valence-corrected chi connectivity index (χ4v) is 4.33. The number of anilines is 3. The van der Waals surface area contributed by atoms with E-state index < -0.39 is 0 Å². The number of hydrogen-bond acceptors (Lipinski definition) is 6. The van der Waals surface area contributed by atoms with Crippen molar-refractivity contribution in [1.82, 2.24) is 20.3 Å². The Morgan fingerprint density at radius 1 is 1.03 bits per heavy atom. The van der Waals surface area contributed by atoms with Crippen molar-refractivity contribution in [3.63, 3.8) is 0 Å². The van der Waals surface area contributed by atoms with Crippen LogP contribution >= 0.6 is 12.2 Å². The molecule has 2 fully saturated rings. The van der Waals surface area contributed by atoms with Crippen molar-refractivity contribution in [2.75, 3.05) is 41.3 Å². The van der Waals surface area contributed by atoms with Crippen molar-refractivity contribution < 1.29 is 0 Å². The van der Waals surface area contributed by atoms with Gasteiger partial charge in [-0.25, -0.2) is 0 Å². The van der Waals surface area contributed by atoms with Crippen LogP contribution in [0.3, 0.4) is 0 Å². The zero-order chi connectivity index (χ0) is 21.5. The molecule has 2 aliphatic heterocycles. The predicted molar refractivity (Wildman–Crippen MR) is 131 cm³/mol. The van der Waals surface area contributed by atoms with Gasteiger partial charge in [-0.1, -0.05) is 25.8 Å². The summed E-state index contributed by atoms with van der Waals surface area (Å²) in [6.07, 6.45) is 11.0. The second-order valence-corrected chi connectivity index (χ2v) is 9.06. The van der Waals surface area contributed by atoms with Gasteiger partial charge in [-0.3, -0.25) is 4.98 Å². The molecule has 7 nitrogen and oxygen atoms in total. The summed E-state index contributed by atoms with van der Waals surface area (Å²) >= 11 is 5.52. The number of nitrogens with zero attached hydrogens (tertiary/aromatic N) is 5. The van der Waals surface area contributed by atoms with Gasteiger partial charge in [-0.2, -0.15) is 9.97 Å². The quantitative estimate of drug-likeness (QED) is 0.678. The first kappa shape index (κ1) is 21.7. The molecular formula is C23H33N7S. The largest absolute Gasteiger partial charge is 0.358 e. The highest BCUT2D eigenvalue weighted by Crippen LogP contribution is 2.27. The van der Waals surface area contributed by atoms with E-state index in [4.69, 9.17) is 22.2 Å². The Morgan fingerprint density at radius 2 is 1.71 bits per heavy atom. The summed E-state index contributed by atoms with van der Waals surface area (Å²) in [7, 11) is 0. The molecule has 31 heavy (non-hydrogen) atoms. The molecular weight excluding hydrogens is 406 g/mol. The van der Waals surface area contributed by atoms with Gasteiger partial charge in [0.05, 0.1) is 0 Å². The van der Waals surface area contributed by atoms with Gasteiger partial charge >= 0.3 is 0 Å². The monoisotopic (exact) mass is 439 g/mol. The second kappa shape index (κ2) is 10.7. The van der Waals surface area contributed by atoms with Crippen LogP contribution in [0.4, 0.5) is 17.6 Å². The maximum atomic E-state index is 5.52. The molecule has 166 valence electrons. The van der Waals surface area contributed by atoms with E-state index >= 15 is 0 Å². The van der Waals surface area contributed by atoms with Gasteiger partial charge < -0.3 is 20.4 Å². The van der Waals surface area contributed by atoms with E-state index in [1.807, 2.05) is 18.3 Å². The van der Waals surface area contributed by atoms with Crippen molar-refractivity contribution in [2.45, 2.75) is 52.0 Å². The zero-order valence-corrected chi connectivity index (χ0v) is 19.2. The van der Waals surface area contributed by atoms with Crippen LogP contribution in [0.2, 0.25) is 0 Å². The third-order valence-corrected chi connectivity index (χ3v) is 6.38. The lowest BCUT2D eigenvalue weighted by atomic mass is 9.99. The van der Waals surface area contributed by atoms with Crippen LogP contribution in [-0.2, 0) is 6.54 Å². The van der Waals surface area contributed by atoms with Crippen LogP contribution in [0.5, 0.6) is 0 Å². The summed E-state index contributed by atoms with van der Waals surface area (Å²) in [4.78, 5) is 18.6. The molecule has 4 rings (SSSR count). The van der Waals surface area contributed by atoms with Gasteiger partial charge in [0, 0.05) is 51.2 Å². The van der Waals surface area contributed by atoms with Gasteiger partial charge in [0.1, 0.15) is 11.6 Å². The number of pyridine rings is 1. The molecule has 0 saturated carbocycles. The lowest BCUT2D eigenvalue weighted by Crippen LogP contribution is -2.35. The molecule has 2 N–H and O–H groups in total. The van der Waals surface area contributed by atoms with Crippen molar-refractivity contribution in [3.05, 3.63) is 36.2 Å². The molecule has 2 aliphatic rings. The summed E-state index contributed by atoms with van der Waals surface area (Å²) in [5, 5.41) is 6.98. The van der Waals surface area contributed by atoms with Crippen LogP contribution in [0.1, 0.15) is 51.0 Å². The molecule has 0 aliphatic carbocycles. The Labute approximate surface area is 190 Å². The van der Waals surface area contributed by atoms with Crippen LogP contribution in [0.15, 0.2) is 30.6 Å². The van der Waals surface area contributed by atoms with E-state index in [2.05, 4.69) is 38.4 Å². The number of rotatable bonds is 5. The second-order valence-electron chi connectivity index (χ2n) is 8.65. The Bertz CT molecular complexity index is 844. The van der Waals surface area contributed by atoms with E-state index in [9.17, 15) is 0 Å². The van der Waals surface area contributed by atoms with Crippen LogP contribution in [0.25, 0.3) is 0 Å². The topological polar surface area (TPSA) is 69.2 Å². The Morgan fingerprint density at radius 3 is 2.35 bits per heavy atom. The van der Waals surface area contributed by atoms with Gasteiger partial charge in [-0.15, -0.1) is 0 Å². The molecule has 0 aromatic carbocycles. The average molecular weight is 440 g/mol. The molecule has 0 unspecified atom stereocenters. The Kier molecular flexibility index (Phi) is 7.51. The third-order valence-electron chi connectivity index (χ3n) is 6.14. The molecule has 2 saturated heterocycles. The normalized spacial score (nSPS) is 17.8. The minimum absolute atomic E-state index is 0.523. The fraction of sp³-hybridized carbons (Fsp3) is 0.565. The van der Waals surface area contributed by atoms with Crippen LogP contribution in [0, 0.1) is 5.92 Å². The van der Waals surface area contributed by atoms with E-state index in [-0.39, 0.29) is 0 Å². The first-order valence-corrected chi connectivity index (χ1v) is 11.9. The summed E-state index contributed by atoms with van der Waals surface area (Å²) in [6.45, 7) is 7.14. The number of thiocarbonyl (C=S) groups is 1. The molecule has 0 radical (unpaired) electrons. The zero-order valence-electron chi connectivity index (χ0n) is 18.4. The maximum absolute atomic E-state index is 5.52. The highest BCUT2D eigenvalue weighted by molar-refractivity contribution is 7.80. The molecule has 0 bridgehead atoms. The number of aromatic nitrogens is 3. The standard InChI is InChI=1S/C23H33N7S/c1-18-8-13-30(14-9-18)21-15-20(29-11-4-2-3-5-12-29)26-22(27-21)28-23(31)25-17-19-7-6-10-24-16-19/h6-7,10,15-16,18H,2-5,8-9,11-14,17H2,1H3,(H2,25,26,27,28,31). The molecule has 4 heterocycles. The predicted octanol–water partition coefficient (Wildman–Crippen LogP) is 3.97. The molecule has 0 spiro atoms. The summed E-state index contributed by atoms with van der Waals surface area (Å²) in [6, 6.07) is 6.11. The van der Waals surface area contributed by atoms with Gasteiger partial charge in [-0.05, 0) is 55.4 Å². The van der Waals surface area contributed by atoms with E-state index in [1.165, 1.54) is 38.5 Å². The smallest absolute Gasteiger partial charge is 0.232 e. The Hall–Kier alpha value is -2.48.